The number of carbonyl (C=O) groups is 13. The molecule has 12 amide bonds. The van der Waals surface area contributed by atoms with E-state index in [2.05, 4.69) is 114 Å². The molecule has 36 nitrogen and oxygen atoms in total. The van der Waals surface area contributed by atoms with Gasteiger partial charge in [0.2, 0.25) is 59.1 Å². The number of aliphatic hydroxyl groups excluding tert-OH is 2. The Morgan fingerprint density at radius 1 is 0.612 bits per heavy atom. The van der Waals surface area contributed by atoms with E-state index in [0.29, 0.717) is 114 Å². The molecule has 0 bridgehead atoms. The summed E-state index contributed by atoms with van der Waals surface area (Å²) in [6.07, 6.45) is 16.2. The molecule has 37 heteroatoms. The number of aliphatic carboxylic acids is 1. The number of carboxylic acid groups (broad SMARTS) is 1. The minimum atomic E-state index is -1.70. The number of phenolic OH excluding ortho intramolecular Hbond substituents is 1. The molecule has 0 radical (unpaired) electrons. The number of aliphatic hydroxyl groups is 2. The van der Waals surface area contributed by atoms with Crippen molar-refractivity contribution in [2.24, 2.45) is 85.5 Å². The first-order valence-corrected chi connectivity index (χ1v) is 50.3. The Bertz CT molecular complexity index is 5130. The number of likely N-dealkylation sites (tertiary alicyclic amines) is 1. The van der Waals surface area contributed by atoms with Gasteiger partial charge < -0.3 is 104 Å². The van der Waals surface area contributed by atoms with E-state index in [0.717, 1.165) is 18.8 Å². The van der Waals surface area contributed by atoms with Crippen LogP contribution in [0.15, 0.2) is 85.4 Å². The van der Waals surface area contributed by atoms with Gasteiger partial charge in [0.1, 0.15) is 83.6 Å². The van der Waals surface area contributed by atoms with Gasteiger partial charge >= 0.3 is 12.1 Å². The maximum atomic E-state index is 14.5. The number of hydrogen-bond donors (Lipinski definition) is 17. The van der Waals surface area contributed by atoms with Gasteiger partial charge in [-0.15, -0.1) is 0 Å². The van der Waals surface area contributed by atoms with E-state index >= 15 is 0 Å². The van der Waals surface area contributed by atoms with Crippen LogP contribution in [0, 0.1) is 64.1 Å². The maximum absolute atomic E-state index is 14.5. The van der Waals surface area contributed by atoms with Gasteiger partial charge in [-0.05, 0) is 248 Å². The SMILES string of the molecule is CC[C@H](C)[C@H](NC(=O)[C@H](CO)NC(=O)[C@H](CCCN=C(N)N)NC(=O)[C@H](CC(C)C)NC(=O)[C@H](CC(C)C)NC(=O)[C@H](C)NC(=O)[C@H](CO)NC(=O)CCCCCNC(=O)[C@H](CCCCNC(=O)c1cc(N=C=S)ccc1-c1c2ccc(=O)cc-2oc2cc(O)ccc12)NC(=O)O[C@H]1CC[C@@]2(C)C(=CC[C@H]3[C@@H]4CC[C@H]([C@H](C)CCCC(C)C)[C@@]4(C)CC[C@@H]32)C1)C(=O)N1CCC[C@H]1C(=O)N[C@@H](C)C(=O)O. The number of benzene rings is 3. The summed E-state index contributed by atoms with van der Waals surface area (Å²) in [6.45, 7) is 23.9. The summed E-state index contributed by atoms with van der Waals surface area (Å²) in [5.41, 5.74) is 14.9. The fourth-order valence-corrected chi connectivity index (χ4v) is 21.5. The second-order valence-corrected chi connectivity index (χ2v) is 40.8. The highest BCUT2D eigenvalue weighted by Gasteiger charge is 2.60. The van der Waals surface area contributed by atoms with Crippen LogP contribution in [-0.4, -0.2) is 219 Å². The van der Waals surface area contributed by atoms with Crippen LogP contribution in [0.3, 0.4) is 0 Å². The highest BCUT2D eigenvalue weighted by atomic mass is 32.1. The van der Waals surface area contributed by atoms with Crippen LogP contribution < -0.4 is 75.4 Å². The number of nitrogens with one attached hydrogen (secondary N) is 11. The van der Waals surface area contributed by atoms with Crippen molar-refractivity contribution < 1.29 is 91.9 Å². The van der Waals surface area contributed by atoms with E-state index in [1.165, 1.54) is 93.5 Å². The summed E-state index contributed by atoms with van der Waals surface area (Å²) in [4.78, 5) is 203. The van der Waals surface area contributed by atoms with Gasteiger partial charge in [0.25, 0.3) is 5.91 Å². The van der Waals surface area contributed by atoms with Gasteiger partial charge in [-0.3, -0.25) is 67.3 Å². The van der Waals surface area contributed by atoms with Gasteiger partial charge in [-0.2, -0.15) is 4.99 Å². The summed E-state index contributed by atoms with van der Waals surface area (Å²) < 4.78 is 12.4. The molecule has 764 valence electrons. The molecule has 19 atom stereocenters. The van der Waals surface area contributed by atoms with Crippen molar-refractivity contribution >= 4 is 117 Å². The first-order valence-electron chi connectivity index (χ1n) is 49.9. The number of amides is 12. The summed E-state index contributed by atoms with van der Waals surface area (Å²) >= 11 is 4.94. The summed E-state index contributed by atoms with van der Waals surface area (Å²) in [5, 5.41) is 73.2. The number of rotatable bonds is 51. The molecule has 2 heterocycles. The van der Waals surface area contributed by atoms with Crippen LogP contribution in [0.2, 0.25) is 0 Å². The molecule has 4 fully saturated rings. The van der Waals surface area contributed by atoms with Crippen LogP contribution in [0.4, 0.5) is 10.5 Å². The molecule has 7 aliphatic rings. The van der Waals surface area contributed by atoms with Crippen molar-refractivity contribution in [2.45, 2.75) is 317 Å². The zero-order valence-corrected chi connectivity index (χ0v) is 83.8. The van der Waals surface area contributed by atoms with E-state index in [4.69, 9.17) is 32.8 Å². The number of fused-ring (bicyclic) bond motifs is 7. The van der Waals surface area contributed by atoms with Crippen molar-refractivity contribution in [2.75, 3.05) is 39.4 Å². The van der Waals surface area contributed by atoms with Crippen molar-refractivity contribution in [3.8, 4) is 28.2 Å². The van der Waals surface area contributed by atoms with Gasteiger partial charge in [0.15, 0.2) is 11.4 Å². The minimum Gasteiger partial charge on any atom is -0.508 e. The van der Waals surface area contributed by atoms with Crippen molar-refractivity contribution in [3.05, 3.63) is 82.0 Å². The number of unbranched alkanes of at least 4 members (excludes halogenated alkanes) is 3. The predicted octanol–water partition coefficient (Wildman–Crippen LogP) is 9.26. The van der Waals surface area contributed by atoms with E-state index in [-0.39, 0.29) is 129 Å². The van der Waals surface area contributed by atoms with Crippen molar-refractivity contribution in [1.29, 1.82) is 0 Å². The molecule has 2 aromatic carbocycles. The average molecular weight is 1950 g/mol. The molecule has 1 saturated heterocycles. The standard InChI is InChI=1S/C102H150N16O20S/c1-14-59(8)87(97(133)118-46-22-27-82(118)96(132)110-62(11)98(134)135)117-95(131)81(54-120)115-91(127)77(26-21-45-107-99(103)104)112-92(128)79(48-58(6)7)114-93(129)78(47-57(4)5)113-88(124)61(10)109-94(130)80(53-119)111-85(123)28-16-15-18-43-106-90(126)76(116-100(136)137-67-39-41-101(12)63(49-67)29-33-69-74-38-37-73(60(9)24-20-23-56(2)3)102(74,13)42-40-75(69)101)25-17-19-44-105-89(125)72-50-64(108-55-139)30-34-68(72)86-70-35-31-65(121)51-83(70)138-84-52-66(122)32-36-71(84)86/h29-32,34-36,50-52,56-62,67,69,73-82,87,119-121H,14-28,33,37-49,53-54H2,1-13H3,(H,105,125)(H,106,126)(H,109,130)(H,110,132)(H,111,123)(H,112,128)(H,113,124)(H,114,129)(H,115,127)(H,116,136)(H,117,131)(H,134,135)(H4,103,104,107)/t59-,60+,61-,62-,67-,69-,73+,74-,75-,76-,77-,78-,79-,80-,81-,82-,87-,101-,102+/m0/s1. The van der Waals surface area contributed by atoms with Crippen molar-refractivity contribution in [3.63, 3.8) is 0 Å². The lowest BCUT2D eigenvalue weighted by molar-refractivity contribution is -0.145. The van der Waals surface area contributed by atoms with Crippen molar-refractivity contribution in [1.82, 2.24) is 63.4 Å². The second-order valence-electron chi connectivity index (χ2n) is 40.7. The van der Waals surface area contributed by atoms with Gasteiger partial charge in [0, 0.05) is 73.2 Å². The third-order valence-corrected chi connectivity index (χ3v) is 29.2. The molecule has 5 aliphatic carbocycles. The summed E-state index contributed by atoms with van der Waals surface area (Å²) in [5.74, 6) is -6.69. The highest BCUT2D eigenvalue weighted by Crippen LogP contribution is 2.67. The average Bonchev–Trinajstić information content (AvgIpc) is 1.61. The number of nitrogens with two attached hydrogens (primary N) is 2. The maximum Gasteiger partial charge on any atom is 0.408 e. The Labute approximate surface area is 820 Å². The molecular formula is C102H150N16O20S. The molecule has 0 unspecified atom stereocenters. The monoisotopic (exact) mass is 1950 g/mol. The van der Waals surface area contributed by atoms with E-state index < -0.39 is 163 Å². The molecule has 9 rings (SSSR count). The number of guanidine groups is 1. The Morgan fingerprint density at radius 2 is 1.24 bits per heavy atom. The number of ether oxygens (including phenoxy) is 1. The number of hydrogen-bond acceptors (Lipinski definition) is 22. The molecule has 0 aromatic heterocycles. The molecule has 19 N–H and O–H groups in total. The molecule has 2 aromatic rings. The van der Waals surface area contributed by atoms with E-state index in [1.807, 2.05) is 0 Å². The number of isothiocyanates is 1. The zero-order chi connectivity index (χ0) is 102. The van der Waals surface area contributed by atoms with Gasteiger partial charge in [0.05, 0.1) is 24.1 Å². The number of carboxylic acids is 1. The van der Waals surface area contributed by atoms with Crippen LogP contribution >= 0.6 is 12.2 Å². The fraction of sp³-hybridized carbons (Fsp3) is 0.647. The number of aromatic hydroxyl groups is 1. The predicted molar refractivity (Wildman–Crippen MR) is 530 cm³/mol. The van der Waals surface area contributed by atoms with Gasteiger partial charge in [-0.25, -0.2) is 4.79 Å². The Morgan fingerprint density at radius 3 is 1.91 bits per heavy atom. The molecular weight excluding hydrogens is 1800 g/mol. The smallest absolute Gasteiger partial charge is 0.408 e. The van der Waals surface area contributed by atoms with Crippen LogP contribution in [0.5, 0.6) is 5.75 Å². The zero-order valence-electron chi connectivity index (χ0n) is 83.0. The highest BCUT2D eigenvalue weighted by molar-refractivity contribution is 7.78. The normalized spacial score (nSPS) is 21.7. The third kappa shape index (κ3) is 30.3. The largest absolute Gasteiger partial charge is 0.508 e. The summed E-state index contributed by atoms with van der Waals surface area (Å²) in [6, 6.07) is 0.580. The van der Waals surface area contributed by atoms with E-state index in [9.17, 15) is 87.5 Å². The van der Waals surface area contributed by atoms with Gasteiger partial charge in [-0.1, -0.05) is 126 Å². The number of nitrogens with zero attached hydrogens (tertiary/aromatic N) is 3. The quantitative estimate of drug-likeness (QED) is 0.00489. The fourth-order valence-electron chi connectivity index (χ4n) is 21.4. The first kappa shape index (κ1) is 111. The molecule has 139 heavy (non-hydrogen) atoms. The Hall–Kier alpha value is -11.4. The Kier molecular flexibility index (Phi) is 41.7. The van der Waals surface area contributed by atoms with Crippen LogP contribution in [-0.2, 0) is 57.5 Å². The lowest BCUT2D eigenvalue weighted by Gasteiger charge is -2.58. The lowest BCUT2D eigenvalue weighted by atomic mass is 9.47. The second kappa shape index (κ2) is 52.2. The first-order chi connectivity index (χ1) is 66.0. The minimum absolute atomic E-state index is 0.00196. The molecule has 3 saturated carbocycles. The lowest BCUT2D eigenvalue weighted by Crippen LogP contribution is -2.61. The van der Waals surface area contributed by atoms with Crippen LogP contribution in [0.1, 0.15) is 261 Å². The number of aliphatic imine (C=N–C) groups is 2. The number of allylic oxidation sites excluding steroid dienone is 1. The molecule has 2 aliphatic heterocycles. The third-order valence-electron chi connectivity index (χ3n) is 29.1. The Balaban J connectivity index is 0.784. The van der Waals surface area contributed by atoms with Crippen LogP contribution in [0.25, 0.3) is 33.4 Å². The number of alkyl carbamates (subject to hydrolysis) is 1. The molecule has 0 spiro atoms. The van der Waals surface area contributed by atoms with E-state index in [1.54, 1.807) is 71.9 Å². The number of carbonyl (C=O) groups excluding carboxylic acids is 12. The summed E-state index contributed by atoms with van der Waals surface area (Å²) in [7, 11) is 0. The number of thiocarbonyl (C=S) groups is 1. The topological polar surface area (TPSA) is 555 Å². The number of phenols is 1.